The van der Waals surface area contributed by atoms with Gasteiger partial charge in [-0.2, -0.15) is 0 Å². The maximum Gasteiger partial charge on any atom is 0.106 e. The Hall–Kier alpha value is -0.830. The highest BCUT2D eigenvalue weighted by atomic mass is 16.5. The Balaban J connectivity index is 2.05. The SMILES string of the molecule is Cc1nc2c(n1C1CC(C)(C)OC1(C)C)CCCC2. The molecule has 1 saturated heterocycles. The highest BCUT2D eigenvalue weighted by molar-refractivity contribution is 5.22. The Labute approximate surface area is 116 Å². The lowest BCUT2D eigenvalue weighted by Gasteiger charge is -2.30. The van der Waals surface area contributed by atoms with E-state index >= 15 is 0 Å². The van der Waals surface area contributed by atoms with E-state index in [9.17, 15) is 0 Å². The molecule has 1 aliphatic carbocycles. The first-order valence-electron chi connectivity index (χ1n) is 7.57. The molecule has 1 aromatic heterocycles. The van der Waals surface area contributed by atoms with Crippen LogP contribution in [0.25, 0.3) is 0 Å². The van der Waals surface area contributed by atoms with Crippen LogP contribution in [0.1, 0.15) is 70.2 Å². The van der Waals surface area contributed by atoms with Crippen molar-refractivity contribution in [1.82, 2.24) is 9.55 Å². The quantitative estimate of drug-likeness (QED) is 0.773. The van der Waals surface area contributed by atoms with Crippen molar-refractivity contribution in [3.05, 3.63) is 17.2 Å². The number of fused-ring (bicyclic) bond motifs is 1. The molecule has 0 bridgehead atoms. The minimum absolute atomic E-state index is 0.0353. The molecule has 1 unspecified atom stereocenters. The van der Waals surface area contributed by atoms with Gasteiger partial charge < -0.3 is 9.30 Å². The van der Waals surface area contributed by atoms with Gasteiger partial charge in [0.15, 0.2) is 0 Å². The monoisotopic (exact) mass is 262 g/mol. The predicted molar refractivity (Wildman–Crippen MR) is 76.5 cm³/mol. The van der Waals surface area contributed by atoms with Crippen LogP contribution in [0.3, 0.4) is 0 Å². The Morgan fingerprint density at radius 2 is 1.84 bits per heavy atom. The summed E-state index contributed by atoms with van der Waals surface area (Å²) >= 11 is 0. The van der Waals surface area contributed by atoms with E-state index < -0.39 is 0 Å². The Morgan fingerprint density at radius 3 is 2.47 bits per heavy atom. The average Bonchev–Trinajstić information content (AvgIpc) is 2.70. The van der Waals surface area contributed by atoms with E-state index in [1.165, 1.54) is 36.5 Å². The van der Waals surface area contributed by atoms with Crippen LogP contribution in [0, 0.1) is 6.92 Å². The van der Waals surface area contributed by atoms with Crippen molar-refractivity contribution < 1.29 is 4.74 Å². The molecule has 106 valence electrons. The van der Waals surface area contributed by atoms with Crippen molar-refractivity contribution in [3.63, 3.8) is 0 Å². The van der Waals surface area contributed by atoms with Crippen molar-refractivity contribution >= 4 is 0 Å². The number of imidazole rings is 1. The predicted octanol–water partition coefficient (Wildman–Crippen LogP) is 3.59. The fourth-order valence-electron chi connectivity index (χ4n) is 4.05. The van der Waals surface area contributed by atoms with E-state index in [1.807, 2.05) is 0 Å². The van der Waals surface area contributed by atoms with E-state index in [0.29, 0.717) is 6.04 Å². The van der Waals surface area contributed by atoms with Crippen molar-refractivity contribution in [1.29, 1.82) is 0 Å². The molecule has 0 N–H and O–H groups in total. The maximum absolute atomic E-state index is 6.27. The van der Waals surface area contributed by atoms with Crippen molar-refractivity contribution in [2.24, 2.45) is 0 Å². The van der Waals surface area contributed by atoms with Crippen LogP contribution in [0.15, 0.2) is 0 Å². The molecule has 19 heavy (non-hydrogen) atoms. The van der Waals surface area contributed by atoms with E-state index in [4.69, 9.17) is 9.72 Å². The maximum atomic E-state index is 6.27. The van der Waals surface area contributed by atoms with Crippen molar-refractivity contribution in [2.75, 3.05) is 0 Å². The van der Waals surface area contributed by atoms with Gasteiger partial charge in [0.2, 0.25) is 0 Å². The molecule has 0 spiro atoms. The smallest absolute Gasteiger partial charge is 0.106 e. The van der Waals surface area contributed by atoms with Gasteiger partial charge in [-0.1, -0.05) is 0 Å². The lowest BCUT2D eigenvalue weighted by molar-refractivity contribution is -0.0732. The number of hydrogen-bond donors (Lipinski definition) is 0. The van der Waals surface area contributed by atoms with E-state index in [0.717, 1.165) is 12.8 Å². The summed E-state index contributed by atoms with van der Waals surface area (Å²) in [5, 5.41) is 0. The highest BCUT2D eigenvalue weighted by Gasteiger charge is 2.48. The van der Waals surface area contributed by atoms with Crippen LogP contribution < -0.4 is 0 Å². The molecule has 1 atom stereocenters. The van der Waals surface area contributed by atoms with E-state index in [-0.39, 0.29) is 11.2 Å². The molecule has 1 aromatic rings. The van der Waals surface area contributed by atoms with Crippen molar-refractivity contribution in [3.8, 4) is 0 Å². The molecule has 0 radical (unpaired) electrons. The number of ether oxygens (including phenoxy) is 1. The highest BCUT2D eigenvalue weighted by Crippen LogP contribution is 2.46. The molecule has 0 amide bonds. The molecular weight excluding hydrogens is 236 g/mol. The van der Waals surface area contributed by atoms with Gasteiger partial charge in [-0.3, -0.25) is 0 Å². The van der Waals surface area contributed by atoms with Gasteiger partial charge in [-0.15, -0.1) is 0 Å². The number of nitrogens with zero attached hydrogens (tertiary/aromatic N) is 2. The van der Waals surface area contributed by atoms with Crippen LogP contribution >= 0.6 is 0 Å². The normalized spacial score (nSPS) is 28.4. The molecule has 3 rings (SSSR count). The summed E-state index contributed by atoms with van der Waals surface area (Å²) in [7, 11) is 0. The molecule has 2 aliphatic rings. The van der Waals surface area contributed by atoms with Crippen LogP contribution in [0.5, 0.6) is 0 Å². The minimum atomic E-state index is -0.111. The largest absolute Gasteiger partial charge is 0.367 e. The second-order valence-electron chi connectivity index (χ2n) is 7.31. The summed E-state index contributed by atoms with van der Waals surface area (Å²) in [5.41, 5.74) is 2.67. The zero-order chi connectivity index (χ0) is 13.8. The fraction of sp³-hybridized carbons (Fsp3) is 0.812. The second-order valence-corrected chi connectivity index (χ2v) is 7.31. The third kappa shape index (κ3) is 2.12. The molecule has 3 heteroatoms. The first-order chi connectivity index (χ1) is 8.80. The first kappa shape index (κ1) is 13.2. The standard InChI is InChI=1S/C16H26N2O/c1-11-17-12-8-6-7-9-13(12)18(11)14-10-15(2,3)19-16(14,4)5/h14H,6-10H2,1-5H3. The zero-order valence-electron chi connectivity index (χ0n) is 12.9. The average molecular weight is 262 g/mol. The fourth-order valence-corrected chi connectivity index (χ4v) is 4.05. The van der Waals surface area contributed by atoms with Gasteiger partial charge in [0.25, 0.3) is 0 Å². The Kier molecular flexibility index (Phi) is 2.83. The summed E-state index contributed by atoms with van der Waals surface area (Å²) in [4.78, 5) is 4.82. The van der Waals surface area contributed by atoms with Crippen LogP contribution in [0.4, 0.5) is 0 Å². The van der Waals surface area contributed by atoms with E-state index in [2.05, 4.69) is 39.2 Å². The lowest BCUT2D eigenvalue weighted by Crippen LogP contribution is -2.32. The number of aryl methyl sites for hydroxylation is 2. The lowest BCUT2D eigenvalue weighted by atomic mass is 9.92. The molecule has 1 fully saturated rings. The third-order valence-corrected chi connectivity index (χ3v) is 4.68. The number of aromatic nitrogens is 2. The van der Waals surface area contributed by atoms with Gasteiger partial charge >= 0.3 is 0 Å². The van der Waals surface area contributed by atoms with Crippen LogP contribution in [-0.4, -0.2) is 20.8 Å². The first-order valence-corrected chi connectivity index (χ1v) is 7.57. The van der Waals surface area contributed by atoms with Crippen LogP contribution in [-0.2, 0) is 17.6 Å². The van der Waals surface area contributed by atoms with Crippen LogP contribution in [0.2, 0.25) is 0 Å². The van der Waals surface area contributed by atoms with Crippen molar-refractivity contribution in [2.45, 2.75) is 84.0 Å². The Bertz CT molecular complexity index is 499. The van der Waals surface area contributed by atoms with E-state index in [1.54, 1.807) is 0 Å². The van der Waals surface area contributed by atoms with Gasteiger partial charge in [-0.05, 0) is 66.7 Å². The van der Waals surface area contributed by atoms with Gasteiger partial charge in [0.1, 0.15) is 5.82 Å². The molecule has 2 heterocycles. The summed E-state index contributed by atoms with van der Waals surface area (Å²) < 4.78 is 8.76. The van der Waals surface area contributed by atoms with Gasteiger partial charge in [0, 0.05) is 5.69 Å². The summed E-state index contributed by atoms with van der Waals surface area (Å²) in [6.45, 7) is 11.0. The number of rotatable bonds is 1. The summed E-state index contributed by atoms with van der Waals surface area (Å²) in [6, 6.07) is 0.414. The second kappa shape index (κ2) is 4.08. The third-order valence-electron chi connectivity index (χ3n) is 4.68. The Morgan fingerprint density at radius 1 is 1.16 bits per heavy atom. The minimum Gasteiger partial charge on any atom is -0.367 e. The molecule has 0 aromatic carbocycles. The summed E-state index contributed by atoms with van der Waals surface area (Å²) in [5.74, 6) is 1.17. The molecule has 3 nitrogen and oxygen atoms in total. The van der Waals surface area contributed by atoms with Gasteiger partial charge in [-0.25, -0.2) is 4.98 Å². The zero-order valence-corrected chi connectivity index (χ0v) is 12.9. The van der Waals surface area contributed by atoms with Gasteiger partial charge in [0.05, 0.1) is 22.9 Å². The molecular formula is C16H26N2O. The molecule has 1 aliphatic heterocycles. The topological polar surface area (TPSA) is 27.1 Å². The number of hydrogen-bond acceptors (Lipinski definition) is 2. The summed E-state index contributed by atoms with van der Waals surface area (Å²) in [6.07, 6.45) is 6.00. The molecule has 0 saturated carbocycles.